The van der Waals surface area contributed by atoms with Gasteiger partial charge in [-0.3, -0.25) is 9.89 Å². The SMILES string of the molecule is CC1CN=C(NCC(c2cccs2)N2CCCC2)N1. The van der Waals surface area contributed by atoms with Crippen LogP contribution in [0.1, 0.15) is 30.7 Å². The summed E-state index contributed by atoms with van der Waals surface area (Å²) in [6.45, 7) is 6.44. The fourth-order valence-electron chi connectivity index (χ4n) is 2.80. The highest BCUT2D eigenvalue weighted by molar-refractivity contribution is 7.10. The lowest BCUT2D eigenvalue weighted by Gasteiger charge is -2.27. The van der Waals surface area contributed by atoms with Gasteiger partial charge in [0.15, 0.2) is 5.96 Å². The Morgan fingerprint density at radius 2 is 2.37 bits per heavy atom. The summed E-state index contributed by atoms with van der Waals surface area (Å²) in [5.41, 5.74) is 0. The lowest BCUT2D eigenvalue weighted by atomic mass is 10.2. The molecule has 0 aliphatic carbocycles. The normalized spacial score (nSPS) is 25.1. The molecule has 1 aromatic heterocycles. The summed E-state index contributed by atoms with van der Waals surface area (Å²) in [7, 11) is 0. The molecule has 0 aromatic carbocycles. The predicted molar refractivity (Wildman–Crippen MR) is 80.8 cm³/mol. The largest absolute Gasteiger partial charge is 0.354 e. The number of nitrogens with zero attached hydrogens (tertiary/aromatic N) is 2. The summed E-state index contributed by atoms with van der Waals surface area (Å²) in [5, 5.41) is 9.02. The molecule has 3 rings (SSSR count). The van der Waals surface area contributed by atoms with Crippen LogP contribution in [0.2, 0.25) is 0 Å². The molecule has 104 valence electrons. The first-order chi connectivity index (χ1) is 9.33. The topological polar surface area (TPSA) is 39.7 Å². The number of hydrogen-bond donors (Lipinski definition) is 2. The monoisotopic (exact) mass is 278 g/mol. The Bertz CT molecular complexity index is 423. The van der Waals surface area contributed by atoms with E-state index in [0.29, 0.717) is 12.1 Å². The fraction of sp³-hybridized carbons (Fsp3) is 0.643. The molecule has 0 radical (unpaired) electrons. The summed E-state index contributed by atoms with van der Waals surface area (Å²) < 4.78 is 0. The van der Waals surface area contributed by atoms with E-state index in [1.165, 1.54) is 30.8 Å². The Labute approximate surface area is 118 Å². The van der Waals surface area contributed by atoms with Crippen molar-refractivity contribution in [1.82, 2.24) is 15.5 Å². The van der Waals surface area contributed by atoms with Crippen LogP contribution in [0.5, 0.6) is 0 Å². The lowest BCUT2D eigenvalue weighted by molar-refractivity contribution is 0.249. The molecule has 2 aliphatic rings. The van der Waals surface area contributed by atoms with Crippen LogP contribution in [0.3, 0.4) is 0 Å². The van der Waals surface area contributed by atoms with Crippen molar-refractivity contribution in [3.63, 3.8) is 0 Å². The molecule has 0 bridgehead atoms. The van der Waals surface area contributed by atoms with Crippen molar-refractivity contribution in [2.45, 2.75) is 31.8 Å². The van der Waals surface area contributed by atoms with E-state index < -0.39 is 0 Å². The highest BCUT2D eigenvalue weighted by Crippen LogP contribution is 2.27. The second kappa shape index (κ2) is 5.92. The molecule has 1 aromatic rings. The summed E-state index contributed by atoms with van der Waals surface area (Å²) in [4.78, 5) is 8.53. The molecule has 2 unspecified atom stereocenters. The van der Waals surface area contributed by atoms with E-state index in [0.717, 1.165) is 19.0 Å². The van der Waals surface area contributed by atoms with Crippen LogP contribution in [0.4, 0.5) is 0 Å². The zero-order valence-electron chi connectivity index (χ0n) is 11.4. The van der Waals surface area contributed by atoms with Gasteiger partial charge in [-0.25, -0.2) is 0 Å². The maximum atomic E-state index is 4.48. The molecule has 1 fully saturated rings. The van der Waals surface area contributed by atoms with Crippen LogP contribution in [0.15, 0.2) is 22.5 Å². The van der Waals surface area contributed by atoms with E-state index in [4.69, 9.17) is 0 Å². The minimum Gasteiger partial charge on any atom is -0.354 e. The highest BCUT2D eigenvalue weighted by Gasteiger charge is 2.25. The van der Waals surface area contributed by atoms with Crippen molar-refractivity contribution in [3.05, 3.63) is 22.4 Å². The van der Waals surface area contributed by atoms with Crippen molar-refractivity contribution in [2.24, 2.45) is 4.99 Å². The predicted octanol–water partition coefficient (Wildman–Crippen LogP) is 1.82. The molecule has 0 saturated carbocycles. The third kappa shape index (κ3) is 3.09. The molecule has 1 saturated heterocycles. The van der Waals surface area contributed by atoms with E-state index in [1.54, 1.807) is 0 Å². The number of rotatable bonds is 4. The smallest absolute Gasteiger partial charge is 0.191 e. The molecule has 2 aliphatic heterocycles. The van der Waals surface area contributed by atoms with Crippen LogP contribution in [0.25, 0.3) is 0 Å². The Kier molecular flexibility index (Phi) is 4.03. The molecular formula is C14H22N4S. The Morgan fingerprint density at radius 1 is 1.53 bits per heavy atom. The third-order valence-electron chi connectivity index (χ3n) is 3.82. The van der Waals surface area contributed by atoms with Gasteiger partial charge in [0.05, 0.1) is 12.6 Å². The van der Waals surface area contributed by atoms with Gasteiger partial charge in [-0.15, -0.1) is 11.3 Å². The Balaban J connectivity index is 1.62. The fourth-order valence-corrected chi connectivity index (χ4v) is 3.66. The van der Waals surface area contributed by atoms with Gasteiger partial charge in [0, 0.05) is 17.5 Å². The first-order valence-electron chi connectivity index (χ1n) is 7.15. The van der Waals surface area contributed by atoms with Crippen LogP contribution in [0, 0.1) is 0 Å². The van der Waals surface area contributed by atoms with Crippen molar-refractivity contribution in [2.75, 3.05) is 26.2 Å². The summed E-state index contributed by atoms with van der Waals surface area (Å²) in [6.07, 6.45) is 2.66. The molecular weight excluding hydrogens is 256 g/mol. The van der Waals surface area contributed by atoms with Crippen molar-refractivity contribution >= 4 is 17.3 Å². The minimum absolute atomic E-state index is 0.467. The van der Waals surface area contributed by atoms with Gasteiger partial charge in [0.1, 0.15) is 0 Å². The van der Waals surface area contributed by atoms with Gasteiger partial charge in [0.2, 0.25) is 0 Å². The molecule has 0 spiro atoms. The van der Waals surface area contributed by atoms with Gasteiger partial charge in [-0.05, 0) is 44.3 Å². The van der Waals surface area contributed by atoms with Crippen molar-refractivity contribution in [3.8, 4) is 0 Å². The molecule has 19 heavy (non-hydrogen) atoms. The molecule has 5 heteroatoms. The zero-order chi connectivity index (χ0) is 13.1. The quantitative estimate of drug-likeness (QED) is 0.882. The number of nitrogens with one attached hydrogen (secondary N) is 2. The first-order valence-corrected chi connectivity index (χ1v) is 8.03. The number of hydrogen-bond acceptors (Lipinski definition) is 5. The van der Waals surface area contributed by atoms with Gasteiger partial charge < -0.3 is 10.6 Å². The zero-order valence-corrected chi connectivity index (χ0v) is 12.2. The molecule has 2 atom stereocenters. The van der Waals surface area contributed by atoms with Crippen LogP contribution >= 0.6 is 11.3 Å². The Morgan fingerprint density at radius 3 is 3.00 bits per heavy atom. The maximum Gasteiger partial charge on any atom is 0.191 e. The number of guanidine groups is 1. The average molecular weight is 278 g/mol. The van der Waals surface area contributed by atoms with E-state index >= 15 is 0 Å². The number of likely N-dealkylation sites (tertiary alicyclic amines) is 1. The van der Waals surface area contributed by atoms with Crippen molar-refractivity contribution < 1.29 is 0 Å². The van der Waals surface area contributed by atoms with Gasteiger partial charge in [0.25, 0.3) is 0 Å². The van der Waals surface area contributed by atoms with E-state index in [-0.39, 0.29) is 0 Å². The summed E-state index contributed by atoms with van der Waals surface area (Å²) in [6, 6.07) is 5.36. The summed E-state index contributed by atoms with van der Waals surface area (Å²) >= 11 is 1.86. The molecule has 4 nitrogen and oxygen atoms in total. The highest BCUT2D eigenvalue weighted by atomic mass is 32.1. The molecule has 0 amide bonds. The second-order valence-electron chi connectivity index (χ2n) is 5.39. The minimum atomic E-state index is 0.467. The molecule has 3 heterocycles. The van der Waals surface area contributed by atoms with E-state index in [1.807, 2.05) is 11.3 Å². The standard InChI is InChI=1S/C14H22N4S/c1-11-9-15-14(17-11)16-10-12(13-5-4-8-19-13)18-6-2-3-7-18/h4-5,8,11-12H,2-3,6-7,9-10H2,1H3,(H2,15,16,17). The van der Waals surface area contributed by atoms with Gasteiger partial charge >= 0.3 is 0 Å². The lowest BCUT2D eigenvalue weighted by Crippen LogP contribution is -2.42. The third-order valence-corrected chi connectivity index (χ3v) is 4.80. The van der Waals surface area contributed by atoms with Crippen molar-refractivity contribution in [1.29, 1.82) is 0 Å². The average Bonchev–Trinajstić information content (AvgIpc) is 3.11. The van der Waals surface area contributed by atoms with E-state index in [2.05, 4.69) is 45.0 Å². The van der Waals surface area contributed by atoms with Crippen LogP contribution in [-0.4, -0.2) is 43.1 Å². The van der Waals surface area contributed by atoms with Gasteiger partial charge in [-0.2, -0.15) is 0 Å². The van der Waals surface area contributed by atoms with Crippen LogP contribution in [-0.2, 0) is 0 Å². The molecule has 2 N–H and O–H groups in total. The first kappa shape index (κ1) is 12.9. The maximum absolute atomic E-state index is 4.48. The number of aliphatic imine (C=N–C) groups is 1. The summed E-state index contributed by atoms with van der Waals surface area (Å²) in [5.74, 6) is 0.966. The van der Waals surface area contributed by atoms with Gasteiger partial charge in [-0.1, -0.05) is 6.07 Å². The van der Waals surface area contributed by atoms with Crippen LogP contribution < -0.4 is 10.6 Å². The van der Waals surface area contributed by atoms with E-state index in [9.17, 15) is 0 Å². The Hall–Kier alpha value is -1.07. The number of thiophene rings is 1. The second-order valence-corrected chi connectivity index (χ2v) is 6.37.